The van der Waals surface area contributed by atoms with E-state index in [2.05, 4.69) is 0 Å². The van der Waals surface area contributed by atoms with Gasteiger partial charge in [0.15, 0.2) is 0 Å². The minimum atomic E-state index is -4.55. The fourth-order valence-corrected chi connectivity index (χ4v) is 1.19. The summed E-state index contributed by atoms with van der Waals surface area (Å²) in [5.41, 5.74) is 4.11. The first-order valence-electron chi connectivity index (χ1n) is 4.43. The molecule has 0 heterocycles. The van der Waals surface area contributed by atoms with Crippen molar-refractivity contribution in [3.8, 4) is 11.8 Å². The van der Waals surface area contributed by atoms with E-state index in [1.54, 1.807) is 13.0 Å². The van der Waals surface area contributed by atoms with E-state index in [0.717, 1.165) is 6.07 Å². The number of hydrogen-bond donors (Lipinski definition) is 1. The molecule has 0 aromatic heterocycles. The molecule has 94 valence electrons. The van der Waals surface area contributed by atoms with Crippen LogP contribution in [0.4, 0.5) is 18.9 Å². The predicted octanol–water partition coefficient (Wildman–Crippen LogP) is 2.56. The van der Waals surface area contributed by atoms with Gasteiger partial charge in [-0.3, -0.25) is 0 Å². The Morgan fingerprint density at radius 2 is 2.00 bits per heavy atom. The number of alkyl halides is 3. The van der Waals surface area contributed by atoms with Crippen LogP contribution in [0.3, 0.4) is 0 Å². The van der Waals surface area contributed by atoms with Crippen LogP contribution in [-0.2, 0) is 23.2 Å². The fraction of sp³-hybridized carbons (Fsp3) is 0.300. The summed E-state index contributed by atoms with van der Waals surface area (Å²) < 4.78 is 42.5. The average Bonchev–Trinajstić information content (AvgIpc) is 2.19. The number of anilines is 1. The smallest absolute Gasteiger partial charge is 0.420 e. The van der Waals surface area contributed by atoms with E-state index >= 15 is 0 Å². The first-order chi connectivity index (χ1) is 7.40. The fourth-order valence-electron chi connectivity index (χ4n) is 1.19. The van der Waals surface area contributed by atoms with E-state index in [0.29, 0.717) is 6.07 Å². The molecule has 1 aromatic carbocycles. The summed E-state index contributed by atoms with van der Waals surface area (Å²) in [7, 11) is 0. The average molecular weight is 286 g/mol. The van der Waals surface area contributed by atoms with Crippen molar-refractivity contribution in [1.29, 1.82) is 5.26 Å². The molecule has 0 aliphatic carbocycles. The SMILES string of the molecule is CCOc1cc(C#N)c(N)cc1C(F)(F)F.[Fe]. The van der Waals surface area contributed by atoms with Gasteiger partial charge in [-0.05, 0) is 13.0 Å². The predicted molar refractivity (Wildman–Crippen MR) is 51.7 cm³/mol. The summed E-state index contributed by atoms with van der Waals surface area (Å²) in [6, 6.07) is 3.41. The van der Waals surface area contributed by atoms with E-state index in [1.165, 1.54) is 0 Å². The number of nitrogen functional groups attached to an aromatic ring is 1. The number of benzene rings is 1. The van der Waals surface area contributed by atoms with Crippen molar-refractivity contribution in [3.05, 3.63) is 23.3 Å². The first-order valence-corrected chi connectivity index (χ1v) is 4.43. The Morgan fingerprint density at radius 3 is 2.41 bits per heavy atom. The minimum Gasteiger partial charge on any atom is -0.493 e. The van der Waals surface area contributed by atoms with Gasteiger partial charge in [-0.15, -0.1) is 0 Å². The van der Waals surface area contributed by atoms with E-state index in [4.69, 9.17) is 15.7 Å². The maximum absolute atomic E-state index is 12.6. The summed E-state index contributed by atoms with van der Waals surface area (Å²) in [6.45, 7) is 1.64. The van der Waals surface area contributed by atoms with Gasteiger partial charge < -0.3 is 10.5 Å². The summed E-state index contributed by atoms with van der Waals surface area (Å²) in [4.78, 5) is 0. The van der Waals surface area contributed by atoms with Gasteiger partial charge in [-0.2, -0.15) is 18.4 Å². The van der Waals surface area contributed by atoms with Crippen molar-refractivity contribution < 1.29 is 35.0 Å². The molecule has 0 unspecified atom stereocenters. The normalized spacial score (nSPS) is 10.3. The molecule has 0 radical (unpaired) electrons. The maximum atomic E-state index is 12.6. The van der Waals surface area contributed by atoms with Gasteiger partial charge in [0, 0.05) is 23.1 Å². The van der Waals surface area contributed by atoms with Crippen LogP contribution in [0.1, 0.15) is 18.1 Å². The molecule has 17 heavy (non-hydrogen) atoms. The zero-order chi connectivity index (χ0) is 12.3. The van der Waals surface area contributed by atoms with Crippen LogP contribution >= 0.6 is 0 Å². The van der Waals surface area contributed by atoms with Crippen LogP contribution in [0.25, 0.3) is 0 Å². The summed E-state index contributed by atoms with van der Waals surface area (Å²) >= 11 is 0. The van der Waals surface area contributed by atoms with E-state index in [1.807, 2.05) is 0 Å². The molecule has 0 spiro atoms. The molecule has 0 amide bonds. The molecule has 1 rings (SSSR count). The van der Waals surface area contributed by atoms with Gasteiger partial charge in [-0.1, -0.05) is 0 Å². The molecule has 0 fully saturated rings. The van der Waals surface area contributed by atoms with Crippen molar-refractivity contribution in [3.63, 3.8) is 0 Å². The number of ether oxygens (including phenoxy) is 1. The van der Waals surface area contributed by atoms with Crippen LogP contribution < -0.4 is 10.5 Å². The second kappa shape index (κ2) is 5.80. The molecule has 1 aromatic rings. The Morgan fingerprint density at radius 1 is 1.41 bits per heavy atom. The van der Waals surface area contributed by atoms with Crippen LogP contribution in [0.15, 0.2) is 12.1 Å². The standard InChI is InChI=1S/C10H9F3N2O.Fe/c1-2-16-9-3-6(5-14)8(15)4-7(9)10(11,12)13;/h3-4H,2,15H2,1H3;. The second-order valence-electron chi connectivity index (χ2n) is 2.98. The third-order valence-corrected chi connectivity index (χ3v) is 1.88. The monoisotopic (exact) mass is 286 g/mol. The zero-order valence-electron chi connectivity index (χ0n) is 8.78. The van der Waals surface area contributed by atoms with Gasteiger partial charge in [-0.25, -0.2) is 0 Å². The number of hydrogen-bond acceptors (Lipinski definition) is 3. The van der Waals surface area contributed by atoms with Gasteiger partial charge in [0.25, 0.3) is 0 Å². The molecule has 0 atom stereocenters. The Balaban J connectivity index is 0.00000256. The zero-order valence-corrected chi connectivity index (χ0v) is 9.89. The minimum absolute atomic E-state index is 0. The van der Waals surface area contributed by atoms with Crippen LogP contribution in [-0.4, -0.2) is 6.61 Å². The topological polar surface area (TPSA) is 59.0 Å². The summed E-state index contributed by atoms with van der Waals surface area (Å²) in [6.07, 6.45) is -4.55. The molecule has 0 saturated heterocycles. The third kappa shape index (κ3) is 3.55. The molecule has 7 heteroatoms. The Kier molecular flexibility index (Phi) is 5.33. The van der Waals surface area contributed by atoms with Crippen LogP contribution in [0.2, 0.25) is 0 Å². The van der Waals surface area contributed by atoms with Crippen molar-refractivity contribution in [2.75, 3.05) is 12.3 Å². The van der Waals surface area contributed by atoms with Gasteiger partial charge in [0.05, 0.1) is 23.4 Å². The second-order valence-corrected chi connectivity index (χ2v) is 2.98. The quantitative estimate of drug-likeness (QED) is 0.671. The first kappa shape index (κ1) is 15.6. The third-order valence-electron chi connectivity index (χ3n) is 1.88. The molecule has 3 nitrogen and oxygen atoms in total. The van der Waals surface area contributed by atoms with Crippen molar-refractivity contribution in [1.82, 2.24) is 0 Å². The molecule has 0 saturated carbocycles. The Hall–Kier alpha value is -1.38. The van der Waals surface area contributed by atoms with Gasteiger partial charge in [0.1, 0.15) is 11.8 Å². The molecular formula is C10H9F3FeN2O. The van der Waals surface area contributed by atoms with E-state index < -0.39 is 11.7 Å². The van der Waals surface area contributed by atoms with Crippen LogP contribution in [0.5, 0.6) is 5.75 Å². The number of nitriles is 1. The molecular weight excluding hydrogens is 277 g/mol. The molecule has 0 aliphatic heterocycles. The van der Waals surface area contributed by atoms with Gasteiger partial charge in [0.2, 0.25) is 0 Å². The number of rotatable bonds is 2. The van der Waals surface area contributed by atoms with Crippen molar-refractivity contribution >= 4 is 5.69 Å². The maximum Gasteiger partial charge on any atom is 0.420 e. The Bertz CT molecular complexity index is 440. The largest absolute Gasteiger partial charge is 0.493 e. The number of nitrogens with zero attached hydrogens (tertiary/aromatic N) is 1. The van der Waals surface area contributed by atoms with E-state index in [9.17, 15) is 13.2 Å². The van der Waals surface area contributed by atoms with Crippen molar-refractivity contribution in [2.24, 2.45) is 0 Å². The summed E-state index contributed by atoms with van der Waals surface area (Å²) in [5, 5.41) is 8.64. The summed E-state index contributed by atoms with van der Waals surface area (Å²) in [5.74, 6) is -0.374. The van der Waals surface area contributed by atoms with Crippen LogP contribution in [0, 0.1) is 11.3 Å². The van der Waals surface area contributed by atoms with Gasteiger partial charge >= 0.3 is 6.18 Å². The van der Waals surface area contributed by atoms with Crippen molar-refractivity contribution in [2.45, 2.75) is 13.1 Å². The van der Waals surface area contributed by atoms with E-state index in [-0.39, 0.29) is 40.7 Å². The number of nitrogens with two attached hydrogens (primary N) is 1. The molecule has 2 N–H and O–H groups in total. The Labute approximate surface area is 107 Å². The molecule has 0 bridgehead atoms. The number of halogens is 3. The molecule has 0 aliphatic rings.